The van der Waals surface area contributed by atoms with Crippen molar-refractivity contribution in [2.45, 2.75) is 31.4 Å². The molecular formula is C15H19F2N3O. The van der Waals surface area contributed by atoms with Gasteiger partial charge in [-0.15, -0.1) is 0 Å². The Bertz CT molecular complexity index is 572. The van der Waals surface area contributed by atoms with E-state index in [1.165, 1.54) is 6.07 Å². The number of benzene rings is 1. The molecule has 0 spiro atoms. The van der Waals surface area contributed by atoms with Crippen molar-refractivity contribution in [3.05, 3.63) is 35.4 Å². The summed E-state index contributed by atoms with van der Waals surface area (Å²) in [5.41, 5.74) is 5.47. The van der Waals surface area contributed by atoms with Crippen LogP contribution in [0, 0.1) is 11.6 Å². The molecule has 0 aromatic heterocycles. The minimum atomic E-state index is -0.851. The summed E-state index contributed by atoms with van der Waals surface area (Å²) in [6.45, 7) is 3.43. The quantitative estimate of drug-likeness (QED) is 0.928. The summed E-state index contributed by atoms with van der Waals surface area (Å²) in [5.74, 6) is -1.32. The maximum atomic E-state index is 14.2. The molecule has 6 heteroatoms. The zero-order valence-electron chi connectivity index (χ0n) is 12.0. The molecule has 4 nitrogen and oxygen atoms in total. The fourth-order valence-corrected chi connectivity index (χ4v) is 3.10. The first-order valence-electron chi connectivity index (χ1n) is 7.16. The molecule has 2 N–H and O–H groups in total. The van der Waals surface area contributed by atoms with Crippen LogP contribution in [0.1, 0.15) is 25.3 Å². The minimum Gasteiger partial charge on any atom is -0.376 e. The Morgan fingerprint density at radius 2 is 2.29 bits per heavy atom. The second-order valence-corrected chi connectivity index (χ2v) is 5.80. The zero-order chi connectivity index (χ0) is 15.0. The number of rotatable bonds is 3. The normalized spacial score (nSPS) is 29.0. The van der Waals surface area contributed by atoms with Gasteiger partial charge >= 0.3 is 0 Å². The largest absolute Gasteiger partial charge is 0.376 e. The molecule has 2 aliphatic rings. The highest BCUT2D eigenvalue weighted by molar-refractivity contribution is 5.81. The maximum Gasteiger partial charge on any atom is 0.192 e. The topological polar surface area (TPSA) is 50.8 Å². The number of hydrogen-bond donors (Lipinski definition) is 1. The van der Waals surface area contributed by atoms with Crippen LogP contribution < -0.4 is 5.73 Å². The Morgan fingerprint density at radius 3 is 3.00 bits per heavy atom. The van der Waals surface area contributed by atoms with E-state index in [9.17, 15) is 8.78 Å². The molecule has 2 unspecified atom stereocenters. The Hall–Kier alpha value is -1.69. The van der Waals surface area contributed by atoms with Crippen molar-refractivity contribution in [1.29, 1.82) is 0 Å². The van der Waals surface area contributed by atoms with Crippen LogP contribution in [-0.2, 0) is 10.3 Å². The highest BCUT2D eigenvalue weighted by atomic mass is 19.2. The van der Waals surface area contributed by atoms with Crippen LogP contribution in [0.2, 0.25) is 0 Å². The van der Waals surface area contributed by atoms with E-state index in [4.69, 9.17) is 10.5 Å². The van der Waals surface area contributed by atoms with Gasteiger partial charge in [0.15, 0.2) is 17.6 Å². The summed E-state index contributed by atoms with van der Waals surface area (Å²) in [6, 6.07) is 4.22. The number of guanidine groups is 1. The lowest BCUT2D eigenvalue weighted by atomic mass is 9.90. The summed E-state index contributed by atoms with van der Waals surface area (Å²) in [5, 5.41) is 0. The molecule has 0 bridgehead atoms. The van der Waals surface area contributed by atoms with Crippen LogP contribution in [-0.4, -0.2) is 36.7 Å². The fourth-order valence-electron chi connectivity index (χ4n) is 3.10. The molecule has 2 heterocycles. The Labute approximate surface area is 122 Å². The van der Waals surface area contributed by atoms with Gasteiger partial charge < -0.3 is 15.4 Å². The highest BCUT2D eigenvalue weighted by Gasteiger charge is 2.43. The molecule has 2 aliphatic heterocycles. The monoisotopic (exact) mass is 295 g/mol. The lowest BCUT2D eigenvalue weighted by molar-refractivity contribution is 0.0680. The van der Waals surface area contributed by atoms with Gasteiger partial charge in [-0.1, -0.05) is 12.1 Å². The van der Waals surface area contributed by atoms with Crippen molar-refractivity contribution < 1.29 is 13.5 Å². The molecule has 1 fully saturated rings. The van der Waals surface area contributed by atoms with Gasteiger partial charge in [0.25, 0.3) is 0 Å². The van der Waals surface area contributed by atoms with Gasteiger partial charge in [0.05, 0.1) is 18.2 Å². The molecule has 0 radical (unpaired) electrons. The van der Waals surface area contributed by atoms with Crippen LogP contribution >= 0.6 is 0 Å². The Kier molecular flexibility index (Phi) is 3.57. The standard InChI is InChI=1S/C15H19F2N3O/c1-15(11-5-2-6-12(16)13(11)17)9-19-14(18)20(15)8-10-4-3-7-21-10/h2,5-6,10H,3-4,7-9H2,1H3,(H2,18,19). The van der Waals surface area contributed by atoms with Gasteiger partial charge in [0.2, 0.25) is 0 Å². The number of halogens is 2. The average Bonchev–Trinajstić information content (AvgIpc) is 3.06. The summed E-state index contributed by atoms with van der Waals surface area (Å²) in [6.07, 6.45) is 2.03. The highest BCUT2D eigenvalue weighted by Crippen LogP contribution is 2.35. The SMILES string of the molecule is CC1(c2cccc(F)c2F)CN=C(N)N1CC1CCCO1. The van der Waals surface area contributed by atoms with Crippen LogP contribution in [0.25, 0.3) is 0 Å². The predicted molar refractivity (Wildman–Crippen MR) is 75.9 cm³/mol. The number of hydrogen-bond acceptors (Lipinski definition) is 4. The maximum absolute atomic E-state index is 14.2. The van der Waals surface area contributed by atoms with Gasteiger partial charge in [-0.25, -0.2) is 8.78 Å². The third-order valence-electron chi connectivity index (χ3n) is 4.36. The Morgan fingerprint density at radius 1 is 1.48 bits per heavy atom. The second kappa shape index (κ2) is 5.26. The van der Waals surface area contributed by atoms with Gasteiger partial charge in [-0.3, -0.25) is 4.99 Å². The van der Waals surface area contributed by atoms with E-state index < -0.39 is 17.2 Å². The first-order chi connectivity index (χ1) is 10.0. The smallest absolute Gasteiger partial charge is 0.192 e. The fraction of sp³-hybridized carbons (Fsp3) is 0.533. The van der Waals surface area contributed by atoms with Gasteiger partial charge in [-0.05, 0) is 25.8 Å². The molecule has 0 aliphatic carbocycles. The molecule has 1 saturated heterocycles. The van der Waals surface area contributed by atoms with Crippen LogP contribution in [0.4, 0.5) is 8.78 Å². The number of ether oxygens (including phenoxy) is 1. The summed E-state index contributed by atoms with van der Waals surface area (Å²) in [7, 11) is 0. The van der Waals surface area contributed by atoms with E-state index in [1.807, 2.05) is 11.8 Å². The molecular weight excluding hydrogens is 276 g/mol. The molecule has 0 amide bonds. The molecule has 1 aromatic rings. The third kappa shape index (κ3) is 2.37. The summed E-state index contributed by atoms with van der Waals surface area (Å²) in [4.78, 5) is 6.07. The van der Waals surface area contributed by atoms with Crippen molar-refractivity contribution in [2.75, 3.05) is 19.7 Å². The van der Waals surface area contributed by atoms with Crippen molar-refractivity contribution in [2.24, 2.45) is 10.7 Å². The minimum absolute atomic E-state index is 0.0628. The summed E-state index contributed by atoms with van der Waals surface area (Å²) < 4.78 is 33.4. The van der Waals surface area contributed by atoms with Crippen LogP contribution in [0.5, 0.6) is 0 Å². The van der Waals surface area contributed by atoms with Gasteiger partial charge in [-0.2, -0.15) is 0 Å². The van der Waals surface area contributed by atoms with Crippen molar-refractivity contribution in [3.63, 3.8) is 0 Å². The Balaban J connectivity index is 1.92. The molecule has 2 atom stereocenters. The average molecular weight is 295 g/mol. The first kappa shape index (κ1) is 14.3. The lowest BCUT2D eigenvalue weighted by Crippen LogP contribution is -2.50. The number of aliphatic imine (C=N–C) groups is 1. The number of nitrogens with two attached hydrogens (primary N) is 1. The number of nitrogens with zero attached hydrogens (tertiary/aromatic N) is 2. The molecule has 1 aromatic carbocycles. The van der Waals surface area contributed by atoms with Crippen LogP contribution in [0.3, 0.4) is 0 Å². The predicted octanol–water partition coefficient (Wildman–Crippen LogP) is 1.99. The lowest BCUT2D eigenvalue weighted by Gasteiger charge is -2.38. The molecule has 3 rings (SSSR count). The van der Waals surface area contributed by atoms with Crippen molar-refractivity contribution >= 4 is 5.96 Å². The van der Waals surface area contributed by atoms with E-state index in [1.54, 1.807) is 6.07 Å². The summed E-state index contributed by atoms with van der Waals surface area (Å²) >= 11 is 0. The second-order valence-electron chi connectivity index (χ2n) is 5.80. The van der Waals surface area contributed by atoms with E-state index >= 15 is 0 Å². The van der Waals surface area contributed by atoms with E-state index in [0.29, 0.717) is 19.0 Å². The third-order valence-corrected chi connectivity index (χ3v) is 4.36. The zero-order valence-corrected chi connectivity index (χ0v) is 12.0. The van der Waals surface area contributed by atoms with Crippen LogP contribution in [0.15, 0.2) is 23.2 Å². The van der Waals surface area contributed by atoms with Gasteiger partial charge in [0.1, 0.15) is 0 Å². The van der Waals surface area contributed by atoms with E-state index in [0.717, 1.165) is 25.5 Å². The molecule has 21 heavy (non-hydrogen) atoms. The van der Waals surface area contributed by atoms with Crippen molar-refractivity contribution in [3.8, 4) is 0 Å². The molecule has 0 saturated carbocycles. The van der Waals surface area contributed by atoms with E-state index in [-0.39, 0.29) is 11.7 Å². The van der Waals surface area contributed by atoms with Gasteiger partial charge in [0, 0.05) is 18.7 Å². The molecule has 114 valence electrons. The van der Waals surface area contributed by atoms with Crippen molar-refractivity contribution in [1.82, 2.24) is 4.90 Å². The van der Waals surface area contributed by atoms with E-state index in [2.05, 4.69) is 4.99 Å². The first-order valence-corrected chi connectivity index (χ1v) is 7.16.